The van der Waals surface area contributed by atoms with Gasteiger partial charge in [0.25, 0.3) is 0 Å². The number of hydrogen-bond donors (Lipinski definition) is 2. The minimum absolute atomic E-state index is 0.00372. The van der Waals surface area contributed by atoms with Crippen molar-refractivity contribution in [2.75, 3.05) is 11.9 Å². The molecule has 6 heteroatoms. The van der Waals surface area contributed by atoms with Crippen LogP contribution < -0.4 is 10.6 Å². The smallest absolute Gasteiger partial charge is 0.172 e. The molecule has 0 radical (unpaired) electrons. The summed E-state index contributed by atoms with van der Waals surface area (Å²) in [5.74, 6) is -0.323. The average Bonchev–Trinajstić information content (AvgIpc) is 2.50. The first-order chi connectivity index (χ1) is 10.0. The molecule has 2 rings (SSSR count). The van der Waals surface area contributed by atoms with Crippen LogP contribution in [0.2, 0.25) is 5.02 Å². The van der Waals surface area contributed by atoms with Gasteiger partial charge in [-0.1, -0.05) is 28.9 Å². The molecule has 0 atom stereocenters. The van der Waals surface area contributed by atoms with Crippen LogP contribution in [0.5, 0.6) is 0 Å². The fraction of sp³-hybridized carbons (Fsp3) is 0.133. The molecule has 0 aliphatic carbocycles. The summed E-state index contributed by atoms with van der Waals surface area (Å²) in [6.07, 6.45) is 0. The van der Waals surface area contributed by atoms with Crippen LogP contribution in [0, 0.1) is 5.82 Å². The standard InChI is InChI=1S/C15H15ClFN3O/c1-20(9-10-8-11(16)6-7-13(10)17)14-5-3-2-4-12(14)15(18)19-21/h2-8,21H,9H2,1H3,(H2,18,19). The van der Waals surface area contributed by atoms with Crippen LogP contribution in [-0.2, 0) is 6.54 Å². The summed E-state index contributed by atoms with van der Waals surface area (Å²) in [6.45, 7) is 0.308. The summed E-state index contributed by atoms with van der Waals surface area (Å²) in [4.78, 5) is 1.81. The van der Waals surface area contributed by atoms with Gasteiger partial charge in [-0.15, -0.1) is 0 Å². The third kappa shape index (κ3) is 3.44. The Hall–Kier alpha value is -2.27. The molecule has 2 aromatic carbocycles. The monoisotopic (exact) mass is 307 g/mol. The first-order valence-corrected chi connectivity index (χ1v) is 6.62. The van der Waals surface area contributed by atoms with E-state index in [0.29, 0.717) is 22.7 Å². The number of benzene rings is 2. The van der Waals surface area contributed by atoms with Crippen LogP contribution in [0.3, 0.4) is 0 Å². The highest BCUT2D eigenvalue weighted by Gasteiger charge is 2.12. The molecule has 0 saturated carbocycles. The molecule has 0 unspecified atom stereocenters. The number of rotatable bonds is 4. The zero-order chi connectivity index (χ0) is 15.4. The number of anilines is 1. The molecule has 0 fully saturated rings. The lowest BCUT2D eigenvalue weighted by molar-refractivity contribution is 0.318. The van der Waals surface area contributed by atoms with Crippen molar-refractivity contribution < 1.29 is 9.60 Å². The minimum Gasteiger partial charge on any atom is -0.409 e. The van der Waals surface area contributed by atoms with E-state index >= 15 is 0 Å². The van der Waals surface area contributed by atoms with Crippen LogP contribution in [-0.4, -0.2) is 18.1 Å². The molecule has 0 aliphatic heterocycles. The van der Waals surface area contributed by atoms with Crippen molar-refractivity contribution in [3.63, 3.8) is 0 Å². The Morgan fingerprint density at radius 1 is 1.33 bits per heavy atom. The number of nitrogens with two attached hydrogens (primary N) is 1. The molecular formula is C15H15ClFN3O. The Morgan fingerprint density at radius 3 is 2.76 bits per heavy atom. The zero-order valence-electron chi connectivity index (χ0n) is 11.4. The van der Waals surface area contributed by atoms with Gasteiger partial charge in [0.1, 0.15) is 5.82 Å². The Bertz CT molecular complexity index is 676. The van der Waals surface area contributed by atoms with Crippen molar-refractivity contribution in [3.8, 4) is 0 Å². The summed E-state index contributed by atoms with van der Waals surface area (Å²) >= 11 is 5.89. The highest BCUT2D eigenvalue weighted by Crippen LogP contribution is 2.23. The maximum atomic E-state index is 13.8. The number of para-hydroxylation sites is 1. The molecule has 4 nitrogen and oxygen atoms in total. The lowest BCUT2D eigenvalue weighted by atomic mass is 10.1. The van der Waals surface area contributed by atoms with E-state index < -0.39 is 0 Å². The van der Waals surface area contributed by atoms with E-state index in [1.807, 2.05) is 17.0 Å². The van der Waals surface area contributed by atoms with E-state index in [9.17, 15) is 4.39 Å². The molecule has 0 bridgehead atoms. The second-order valence-electron chi connectivity index (χ2n) is 4.59. The van der Waals surface area contributed by atoms with Crippen LogP contribution in [0.1, 0.15) is 11.1 Å². The Balaban J connectivity index is 2.33. The number of halogens is 2. The molecule has 0 heterocycles. The SMILES string of the molecule is CN(Cc1cc(Cl)ccc1F)c1ccccc1/C(N)=N/O. The van der Waals surface area contributed by atoms with Gasteiger partial charge in [-0.05, 0) is 30.3 Å². The third-order valence-corrected chi connectivity index (χ3v) is 3.35. The van der Waals surface area contributed by atoms with E-state index in [1.165, 1.54) is 12.1 Å². The molecule has 3 N–H and O–H groups in total. The summed E-state index contributed by atoms with van der Waals surface area (Å²) in [5, 5.41) is 12.3. The molecule has 0 aliphatic rings. The number of oxime groups is 1. The van der Waals surface area contributed by atoms with E-state index in [-0.39, 0.29) is 11.7 Å². The molecule has 21 heavy (non-hydrogen) atoms. The van der Waals surface area contributed by atoms with Gasteiger partial charge < -0.3 is 15.8 Å². The van der Waals surface area contributed by atoms with Crippen LogP contribution in [0.15, 0.2) is 47.6 Å². The molecule has 0 saturated heterocycles. The zero-order valence-corrected chi connectivity index (χ0v) is 12.2. The van der Waals surface area contributed by atoms with Gasteiger partial charge in [0, 0.05) is 35.4 Å². The summed E-state index contributed by atoms with van der Waals surface area (Å²) < 4.78 is 13.8. The fourth-order valence-electron chi connectivity index (χ4n) is 2.08. The van der Waals surface area contributed by atoms with Gasteiger partial charge in [-0.2, -0.15) is 0 Å². The summed E-state index contributed by atoms with van der Waals surface area (Å²) in [6, 6.07) is 11.6. The quantitative estimate of drug-likeness (QED) is 0.394. The lowest BCUT2D eigenvalue weighted by Gasteiger charge is -2.22. The van der Waals surface area contributed by atoms with Crippen LogP contribution in [0.25, 0.3) is 0 Å². The van der Waals surface area contributed by atoms with Gasteiger partial charge in [-0.25, -0.2) is 4.39 Å². The van der Waals surface area contributed by atoms with Crippen LogP contribution in [0.4, 0.5) is 10.1 Å². The molecular weight excluding hydrogens is 293 g/mol. The lowest BCUT2D eigenvalue weighted by Crippen LogP contribution is -2.23. The minimum atomic E-state index is -0.326. The van der Waals surface area contributed by atoms with Crippen molar-refractivity contribution in [2.45, 2.75) is 6.54 Å². The number of amidine groups is 1. The molecule has 0 amide bonds. The summed E-state index contributed by atoms with van der Waals surface area (Å²) in [7, 11) is 1.80. The van der Waals surface area contributed by atoms with E-state index in [4.69, 9.17) is 22.5 Å². The first-order valence-electron chi connectivity index (χ1n) is 6.25. The molecule has 0 aromatic heterocycles. The van der Waals surface area contributed by atoms with Gasteiger partial charge in [-0.3, -0.25) is 0 Å². The first kappa shape index (κ1) is 15.1. The number of hydrogen-bond acceptors (Lipinski definition) is 3. The maximum Gasteiger partial charge on any atom is 0.172 e. The topological polar surface area (TPSA) is 61.8 Å². The van der Waals surface area contributed by atoms with Crippen LogP contribution >= 0.6 is 11.6 Å². The normalized spacial score (nSPS) is 11.5. The molecule has 110 valence electrons. The van der Waals surface area contributed by atoms with E-state index in [2.05, 4.69) is 5.16 Å². The fourth-order valence-corrected chi connectivity index (χ4v) is 2.28. The van der Waals surface area contributed by atoms with Gasteiger partial charge >= 0.3 is 0 Å². The average molecular weight is 308 g/mol. The highest BCUT2D eigenvalue weighted by molar-refractivity contribution is 6.30. The molecule has 0 spiro atoms. The van der Waals surface area contributed by atoms with Crippen molar-refractivity contribution in [1.29, 1.82) is 0 Å². The van der Waals surface area contributed by atoms with Crippen molar-refractivity contribution in [3.05, 3.63) is 64.4 Å². The van der Waals surface area contributed by atoms with Crippen molar-refractivity contribution >= 4 is 23.1 Å². The molecule has 2 aromatic rings. The predicted octanol–water partition coefficient (Wildman–Crippen LogP) is 3.21. The Labute approximate surface area is 127 Å². The van der Waals surface area contributed by atoms with Gasteiger partial charge in [0.15, 0.2) is 5.84 Å². The summed E-state index contributed by atoms with van der Waals surface area (Å²) in [5.41, 5.74) is 7.43. The maximum absolute atomic E-state index is 13.8. The largest absolute Gasteiger partial charge is 0.409 e. The van der Waals surface area contributed by atoms with Crippen molar-refractivity contribution in [1.82, 2.24) is 0 Å². The highest BCUT2D eigenvalue weighted by atomic mass is 35.5. The Kier molecular flexibility index (Phi) is 4.65. The predicted molar refractivity (Wildman–Crippen MR) is 82.5 cm³/mol. The second kappa shape index (κ2) is 6.45. The van der Waals surface area contributed by atoms with Crippen molar-refractivity contribution in [2.24, 2.45) is 10.9 Å². The van der Waals surface area contributed by atoms with Gasteiger partial charge in [0.2, 0.25) is 0 Å². The van der Waals surface area contributed by atoms with E-state index in [1.54, 1.807) is 25.2 Å². The Morgan fingerprint density at radius 2 is 2.05 bits per heavy atom. The number of nitrogens with zero attached hydrogens (tertiary/aromatic N) is 2. The van der Waals surface area contributed by atoms with Gasteiger partial charge in [0.05, 0.1) is 0 Å². The third-order valence-electron chi connectivity index (χ3n) is 3.11. The second-order valence-corrected chi connectivity index (χ2v) is 5.03. The van der Waals surface area contributed by atoms with E-state index in [0.717, 1.165) is 5.69 Å².